The maximum absolute atomic E-state index is 11.4. The van der Waals surface area contributed by atoms with Crippen molar-refractivity contribution in [1.29, 1.82) is 0 Å². The van der Waals surface area contributed by atoms with Gasteiger partial charge < -0.3 is 25.8 Å². The average molecular weight is 428 g/mol. The van der Waals surface area contributed by atoms with Crippen molar-refractivity contribution in [2.45, 2.75) is 52.6 Å². The standard InChI is InChI=1S/C22H33N7O2/c1-4-24-22(27-14-18-12-19(15(2)3)28-31-18)26-13-17-6-5-9-25-21(17)29-10-7-16(8-11-29)20(23)30/h5-6,9,12,15-16H,4,7-8,10-11,13-14H2,1-3H3,(H2,23,30)(H2,24,26,27). The number of hydrogen-bond acceptors (Lipinski definition) is 6. The molecule has 1 fully saturated rings. The van der Waals surface area contributed by atoms with Crippen LogP contribution in [0.4, 0.5) is 5.82 Å². The summed E-state index contributed by atoms with van der Waals surface area (Å²) in [5, 5.41) is 10.7. The van der Waals surface area contributed by atoms with Crippen LogP contribution in [0.3, 0.4) is 0 Å². The van der Waals surface area contributed by atoms with E-state index in [-0.39, 0.29) is 11.8 Å². The first kappa shape index (κ1) is 22.6. The van der Waals surface area contributed by atoms with Crippen molar-refractivity contribution in [3.63, 3.8) is 0 Å². The Balaban J connectivity index is 1.64. The number of anilines is 1. The number of aliphatic imine (C=N–C) groups is 1. The topological polar surface area (TPSA) is 122 Å². The van der Waals surface area contributed by atoms with Crippen molar-refractivity contribution in [3.8, 4) is 0 Å². The molecule has 2 aromatic heterocycles. The van der Waals surface area contributed by atoms with Gasteiger partial charge in [0.2, 0.25) is 5.91 Å². The Kier molecular flexibility index (Phi) is 7.86. The molecule has 0 aliphatic carbocycles. The van der Waals surface area contributed by atoms with E-state index < -0.39 is 0 Å². The van der Waals surface area contributed by atoms with E-state index in [1.54, 1.807) is 6.20 Å². The molecule has 3 heterocycles. The minimum atomic E-state index is -0.209. The van der Waals surface area contributed by atoms with E-state index in [2.05, 4.69) is 39.5 Å². The monoisotopic (exact) mass is 427 g/mol. The predicted molar refractivity (Wildman–Crippen MR) is 121 cm³/mol. The summed E-state index contributed by atoms with van der Waals surface area (Å²) >= 11 is 0. The Hall–Kier alpha value is -3.10. The molecule has 9 nitrogen and oxygen atoms in total. The van der Waals surface area contributed by atoms with Gasteiger partial charge in [0, 0.05) is 43.4 Å². The molecule has 1 aliphatic rings. The second kappa shape index (κ2) is 10.8. The molecule has 168 valence electrons. The summed E-state index contributed by atoms with van der Waals surface area (Å²) in [5.41, 5.74) is 7.45. The molecular formula is C22H33N7O2. The van der Waals surface area contributed by atoms with Crippen LogP contribution in [0.5, 0.6) is 0 Å². The third-order valence-corrected chi connectivity index (χ3v) is 5.41. The van der Waals surface area contributed by atoms with Crippen molar-refractivity contribution >= 4 is 17.7 Å². The first-order valence-electron chi connectivity index (χ1n) is 10.9. The highest BCUT2D eigenvalue weighted by Gasteiger charge is 2.24. The molecule has 0 atom stereocenters. The zero-order valence-electron chi connectivity index (χ0n) is 18.6. The fraction of sp³-hybridized carbons (Fsp3) is 0.545. The van der Waals surface area contributed by atoms with Crippen LogP contribution in [0.25, 0.3) is 0 Å². The van der Waals surface area contributed by atoms with Gasteiger partial charge in [-0.1, -0.05) is 25.1 Å². The van der Waals surface area contributed by atoms with Gasteiger partial charge in [0.1, 0.15) is 5.82 Å². The van der Waals surface area contributed by atoms with Crippen molar-refractivity contribution in [2.24, 2.45) is 16.6 Å². The Morgan fingerprint density at radius 3 is 2.77 bits per heavy atom. The molecule has 1 saturated heterocycles. The van der Waals surface area contributed by atoms with Gasteiger partial charge in [0.05, 0.1) is 18.8 Å². The Bertz CT molecular complexity index is 885. The maximum Gasteiger partial charge on any atom is 0.220 e. The lowest BCUT2D eigenvalue weighted by Gasteiger charge is -2.32. The highest BCUT2D eigenvalue weighted by atomic mass is 16.5. The number of carbonyl (C=O) groups is 1. The Morgan fingerprint density at radius 2 is 2.13 bits per heavy atom. The van der Waals surface area contributed by atoms with Gasteiger partial charge in [-0.25, -0.2) is 9.98 Å². The number of rotatable bonds is 8. The van der Waals surface area contributed by atoms with E-state index >= 15 is 0 Å². The SMILES string of the molecule is CCNC(=NCc1cccnc1N1CCC(C(N)=O)CC1)NCc1cc(C(C)C)no1. The third kappa shape index (κ3) is 6.19. The van der Waals surface area contributed by atoms with E-state index in [0.717, 1.165) is 55.3 Å². The zero-order chi connectivity index (χ0) is 22.2. The Morgan fingerprint density at radius 1 is 1.35 bits per heavy atom. The maximum atomic E-state index is 11.4. The summed E-state index contributed by atoms with van der Waals surface area (Å²) < 4.78 is 5.40. The van der Waals surface area contributed by atoms with Crippen molar-refractivity contribution in [1.82, 2.24) is 20.8 Å². The summed E-state index contributed by atoms with van der Waals surface area (Å²) in [6, 6.07) is 5.93. The van der Waals surface area contributed by atoms with Gasteiger partial charge in [-0.15, -0.1) is 0 Å². The van der Waals surface area contributed by atoms with Gasteiger partial charge in [-0.2, -0.15) is 0 Å². The molecule has 0 spiro atoms. The zero-order valence-corrected chi connectivity index (χ0v) is 18.6. The molecule has 0 aromatic carbocycles. The van der Waals surface area contributed by atoms with Crippen LogP contribution in [0.1, 0.15) is 56.5 Å². The third-order valence-electron chi connectivity index (χ3n) is 5.41. The molecule has 31 heavy (non-hydrogen) atoms. The average Bonchev–Trinajstić information content (AvgIpc) is 3.25. The number of pyridine rings is 1. The lowest BCUT2D eigenvalue weighted by atomic mass is 9.96. The number of nitrogens with one attached hydrogen (secondary N) is 2. The molecule has 4 N–H and O–H groups in total. The molecule has 1 aliphatic heterocycles. The summed E-state index contributed by atoms with van der Waals surface area (Å²) in [7, 11) is 0. The van der Waals surface area contributed by atoms with Crippen LogP contribution in [-0.2, 0) is 17.9 Å². The predicted octanol–water partition coefficient (Wildman–Crippen LogP) is 2.15. The van der Waals surface area contributed by atoms with E-state index in [9.17, 15) is 4.79 Å². The number of piperidine rings is 1. The van der Waals surface area contributed by atoms with Gasteiger partial charge in [-0.3, -0.25) is 4.79 Å². The molecule has 2 aromatic rings. The smallest absolute Gasteiger partial charge is 0.220 e. The van der Waals surface area contributed by atoms with Gasteiger partial charge in [-0.05, 0) is 31.7 Å². The number of nitrogens with zero attached hydrogens (tertiary/aromatic N) is 4. The number of hydrogen-bond donors (Lipinski definition) is 3. The first-order chi connectivity index (χ1) is 15.0. The van der Waals surface area contributed by atoms with Gasteiger partial charge in [0.25, 0.3) is 0 Å². The number of carbonyl (C=O) groups excluding carboxylic acids is 1. The van der Waals surface area contributed by atoms with Crippen LogP contribution in [0.15, 0.2) is 33.9 Å². The van der Waals surface area contributed by atoms with E-state index in [1.165, 1.54) is 0 Å². The van der Waals surface area contributed by atoms with Crippen molar-refractivity contribution < 1.29 is 9.32 Å². The molecule has 1 amide bonds. The molecule has 0 unspecified atom stereocenters. The lowest BCUT2D eigenvalue weighted by molar-refractivity contribution is -0.122. The highest BCUT2D eigenvalue weighted by Crippen LogP contribution is 2.25. The molecule has 0 bridgehead atoms. The van der Waals surface area contributed by atoms with Crippen molar-refractivity contribution in [2.75, 3.05) is 24.5 Å². The second-order valence-electron chi connectivity index (χ2n) is 8.07. The number of guanidine groups is 1. The minimum absolute atomic E-state index is 0.0432. The van der Waals surface area contributed by atoms with E-state index in [4.69, 9.17) is 15.2 Å². The van der Waals surface area contributed by atoms with E-state index in [0.29, 0.717) is 25.0 Å². The summed E-state index contributed by atoms with van der Waals surface area (Å²) in [6.45, 7) is 9.48. The summed E-state index contributed by atoms with van der Waals surface area (Å²) in [4.78, 5) is 23.0. The van der Waals surface area contributed by atoms with Crippen LogP contribution < -0.4 is 21.3 Å². The second-order valence-corrected chi connectivity index (χ2v) is 8.07. The largest absolute Gasteiger partial charge is 0.369 e. The molecule has 0 radical (unpaired) electrons. The highest BCUT2D eigenvalue weighted by molar-refractivity contribution is 5.79. The number of amides is 1. The van der Waals surface area contributed by atoms with Crippen LogP contribution in [-0.4, -0.2) is 41.6 Å². The van der Waals surface area contributed by atoms with Gasteiger partial charge in [0.15, 0.2) is 11.7 Å². The molecule has 3 rings (SSSR count). The summed E-state index contributed by atoms with van der Waals surface area (Å²) in [6.07, 6.45) is 3.31. The number of aromatic nitrogens is 2. The summed E-state index contributed by atoms with van der Waals surface area (Å²) in [5.74, 6) is 2.47. The van der Waals surface area contributed by atoms with Crippen molar-refractivity contribution in [3.05, 3.63) is 41.4 Å². The van der Waals surface area contributed by atoms with E-state index in [1.807, 2.05) is 25.1 Å². The van der Waals surface area contributed by atoms with Crippen LogP contribution in [0.2, 0.25) is 0 Å². The fourth-order valence-electron chi connectivity index (χ4n) is 3.58. The molecule has 0 saturated carbocycles. The fourth-order valence-corrected chi connectivity index (χ4v) is 3.58. The molecule has 9 heteroatoms. The normalized spacial score (nSPS) is 15.4. The number of primary amides is 1. The van der Waals surface area contributed by atoms with Crippen LogP contribution >= 0.6 is 0 Å². The Labute approximate surface area is 183 Å². The van der Waals surface area contributed by atoms with Gasteiger partial charge >= 0.3 is 0 Å². The lowest BCUT2D eigenvalue weighted by Crippen LogP contribution is -2.39. The number of nitrogens with two attached hydrogens (primary N) is 1. The van der Waals surface area contributed by atoms with Crippen LogP contribution in [0, 0.1) is 5.92 Å². The minimum Gasteiger partial charge on any atom is -0.369 e. The molecular weight excluding hydrogens is 394 g/mol. The quantitative estimate of drug-likeness (QED) is 0.436. The first-order valence-corrected chi connectivity index (χ1v) is 10.9.